The number of nitrogens with zero attached hydrogens (tertiary/aromatic N) is 1. The molecule has 0 unspecified atom stereocenters. The van der Waals surface area contributed by atoms with E-state index in [2.05, 4.69) is 15.6 Å². The van der Waals surface area contributed by atoms with Crippen molar-refractivity contribution in [3.05, 3.63) is 59.4 Å². The minimum atomic E-state index is -3.22. The van der Waals surface area contributed by atoms with E-state index in [1.165, 1.54) is 18.4 Å². The number of sulfone groups is 1. The topological polar surface area (TPSA) is 79.8 Å². The van der Waals surface area contributed by atoms with E-state index in [-0.39, 0.29) is 5.82 Å². The summed E-state index contributed by atoms with van der Waals surface area (Å²) in [4.78, 5) is 4.46. The Hall–Kier alpha value is -2.61. The summed E-state index contributed by atoms with van der Waals surface area (Å²) >= 11 is 0. The minimum Gasteiger partial charge on any atom is -0.492 e. The fourth-order valence-corrected chi connectivity index (χ4v) is 3.50. The van der Waals surface area contributed by atoms with Gasteiger partial charge < -0.3 is 15.4 Å². The molecule has 2 rings (SSSR count). The SMILES string of the molecule is CN=C(NCCOc1cccc(F)c1)NCc1ccc(S(C)(=O)=O)c(C)c1. The maximum atomic E-state index is 13.1. The summed E-state index contributed by atoms with van der Waals surface area (Å²) in [5, 5.41) is 6.25. The molecular weight excluding hydrogens is 369 g/mol. The molecule has 0 heterocycles. The van der Waals surface area contributed by atoms with Crippen LogP contribution in [0.5, 0.6) is 5.75 Å². The molecule has 0 bridgehead atoms. The largest absolute Gasteiger partial charge is 0.492 e. The van der Waals surface area contributed by atoms with Crippen LogP contribution in [0.2, 0.25) is 0 Å². The number of guanidine groups is 1. The molecule has 146 valence electrons. The van der Waals surface area contributed by atoms with Crippen LogP contribution in [0.4, 0.5) is 4.39 Å². The van der Waals surface area contributed by atoms with Gasteiger partial charge in [0, 0.05) is 25.9 Å². The number of hydrogen-bond acceptors (Lipinski definition) is 4. The monoisotopic (exact) mass is 393 g/mol. The molecule has 0 amide bonds. The van der Waals surface area contributed by atoms with Crippen molar-refractivity contribution in [1.29, 1.82) is 0 Å². The normalized spacial score (nSPS) is 11.9. The van der Waals surface area contributed by atoms with Crippen molar-refractivity contribution in [2.45, 2.75) is 18.4 Å². The van der Waals surface area contributed by atoms with Gasteiger partial charge in [0.25, 0.3) is 0 Å². The number of ether oxygens (including phenoxy) is 1. The Morgan fingerprint density at radius 3 is 2.59 bits per heavy atom. The smallest absolute Gasteiger partial charge is 0.191 e. The zero-order valence-corrected chi connectivity index (χ0v) is 16.4. The van der Waals surface area contributed by atoms with Gasteiger partial charge in [-0.05, 0) is 36.2 Å². The first kappa shape index (κ1) is 20.7. The molecule has 2 N–H and O–H groups in total. The molecule has 0 aliphatic rings. The number of halogens is 1. The summed E-state index contributed by atoms with van der Waals surface area (Å²) in [6, 6.07) is 11.2. The second-order valence-corrected chi connectivity index (χ2v) is 8.01. The molecule has 0 radical (unpaired) electrons. The van der Waals surface area contributed by atoms with Crippen LogP contribution in [0.25, 0.3) is 0 Å². The van der Waals surface area contributed by atoms with Crippen LogP contribution < -0.4 is 15.4 Å². The molecule has 0 fully saturated rings. The third-order valence-corrected chi connectivity index (χ3v) is 5.04. The molecule has 27 heavy (non-hydrogen) atoms. The van der Waals surface area contributed by atoms with Gasteiger partial charge in [0.15, 0.2) is 15.8 Å². The van der Waals surface area contributed by atoms with Crippen LogP contribution in [0.15, 0.2) is 52.4 Å². The molecule has 0 atom stereocenters. The first-order valence-corrected chi connectivity index (χ1v) is 10.3. The lowest BCUT2D eigenvalue weighted by Gasteiger charge is -2.13. The van der Waals surface area contributed by atoms with E-state index in [1.54, 1.807) is 38.2 Å². The second kappa shape index (κ2) is 9.36. The molecular formula is C19H24FN3O3S. The fourth-order valence-electron chi connectivity index (χ4n) is 2.54. The Kier molecular flexibility index (Phi) is 7.18. The third-order valence-electron chi connectivity index (χ3n) is 3.78. The number of aryl methyl sites for hydroxylation is 1. The molecule has 0 spiro atoms. The van der Waals surface area contributed by atoms with Crippen molar-refractivity contribution in [2.24, 2.45) is 4.99 Å². The first-order valence-electron chi connectivity index (χ1n) is 8.42. The highest BCUT2D eigenvalue weighted by Crippen LogP contribution is 2.16. The molecule has 0 aromatic heterocycles. The Balaban J connectivity index is 1.81. The van der Waals surface area contributed by atoms with Gasteiger partial charge in [-0.3, -0.25) is 4.99 Å². The fraction of sp³-hybridized carbons (Fsp3) is 0.316. The van der Waals surface area contributed by atoms with Crippen molar-refractivity contribution in [2.75, 3.05) is 26.5 Å². The van der Waals surface area contributed by atoms with E-state index in [0.717, 1.165) is 5.56 Å². The summed E-state index contributed by atoms with van der Waals surface area (Å²) < 4.78 is 41.9. The third kappa shape index (κ3) is 6.56. The van der Waals surface area contributed by atoms with Crippen molar-refractivity contribution in [3.63, 3.8) is 0 Å². The standard InChI is InChI=1S/C19H24FN3O3S/c1-14-11-15(7-8-18(14)27(3,24)25)13-23-19(21-2)22-9-10-26-17-6-4-5-16(20)12-17/h4-8,11-12H,9-10,13H2,1-3H3,(H2,21,22,23). The van der Waals surface area contributed by atoms with Crippen LogP contribution in [0.3, 0.4) is 0 Å². The highest BCUT2D eigenvalue weighted by Gasteiger charge is 2.10. The van der Waals surface area contributed by atoms with E-state index >= 15 is 0 Å². The van der Waals surface area contributed by atoms with Crippen molar-refractivity contribution in [3.8, 4) is 5.75 Å². The quantitative estimate of drug-likeness (QED) is 0.429. The lowest BCUT2D eigenvalue weighted by molar-refractivity contribution is 0.320. The zero-order valence-electron chi connectivity index (χ0n) is 15.6. The van der Waals surface area contributed by atoms with Gasteiger partial charge >= 0.3 is 0 Å². The van der Waals surface area contributed by atoms with Gasteiger partial charge in [-0.25, -0.2) is 12.8 Å². The van der Waals surface area contributed by atoms with Crippen molar-refractivity contribution in [1.82, 2.24) is 10.6 Å². The lowest BCUT2D eigenvalue weighted by atomic mass is 10.1. The zero-order chi connectivity index (χ0) is 19.9. The highest BCUT2D eigenvalue weighted by atomic mass is 32.2. The summed E-state index contributed by atoms with van der Waals surface area (Å²) in [6.45, 7) is 3.11. The Morgan fingerprint density at radius 2 is 1.96 bits per heavy atom. The average molecular weight is 393 g/mol. The maximum absolute atomic E-state index is 13.1. The Bertz CT molecular complexity index is 914. The van der Waals surface area contributed by atoms with E-state index in [4.69, 9.17) is 4.74 Å². The number of nitrogens with one attached hydrogen (secondary N) is 2. The summed E-state index contributed by atoms with van der Waals surface area (Å²) in [5.41, 5.74) is 1.65. The van der Waals surface area contributed by atoms with Gasteiger partial charge in [0.05, 0.1) is 11.4 Å². The van der Waals surface area contributed by atoms with E-state index < -0.39 is 9.84 Å². The molecule has 0 saturated carbocycles. The van der Waals surface area contributed by atoms with Crippen LogP contribution in [0.1, 0.15) is 11.1 Å². The Labute approximate surface area is 159 Å². The predicted octanol–water partition coefficient (Wildman–Crippen LogP) is 2.28. The van der Waals surface area contributed by atoms with E-state index in [1.807, 2.05) is 6.07 Å². The molecule has 0 aliphatic heterocycles. The average Bonchev–Trinajstić information content (AvgIpc) is 2.60. The van der Waals surface area contributed by atoms with Crippen molar-refractivity contribution < 1.29 is 17.5 Å². The van der Waals surface area contributed by atoms with Crippen LogP contribution >= 0.6 is 0 Å². The van der Waals surface area contributed by atoms with E-state index in [9.17, 15) is 12.8 Å². The Morgan fingerprint density at radius 1 is 1.19 bits per heavy atom. The number of rotatable bonds is 7. The van der Waals surface area contributed by atoms with Gasteiger partial charge in [0.1, 0.15) is 18.2 Å². The second-order valence-electron chi connectivity index (χ2n) is 6.03. The number of hydrogen-bond donors (Lipinski definition) is 2. The number of benzene rings is 2. The first-order chi connectivity index (χ1) is 12.8. The van der Waals surface area contributed by atoms with Gasteiger partial charge in [-0.1, -0.05) is 18.2 Å². The molecule has 8 heteroatoms. The lowest BCUT2D eigenvalue weighted by Crippen LogP contribution is -2.38. The van der Waals surface area contributed by atoms with Gasteiger partial charge in [0.2, 0.25) is 0 Å². The van der Waals surface area contributed by atoms with E-state index in [0.29, 0.717) is 41.9 Å². The molecule has 2 aromatic carbocycles. The van der Waals surface area contributed by atoms with Crippen LogP contribution in [-0.4, -0.2) is 40.8 Å². The van der Waals surface area contributed by atoms with Gasteiger partial charge in [-0.2, -0.15) is 0 Å². The van der Waals surface area contributed by atoms with Gasteiger partial charge in [-0.15, -0.1) is 0 Å². The minimum absolute atomic E-state index is 0.336. The summed E-state index contributed by atoms with van der Waals surface area (Å²) in [5.74, 6) is 0.721. The maximum Gasteiger partial charge on any atom is 0.191 e. The molecule has 6 nitrogen and oxygen atoms in total. The molecule has 0 saturated heterocycles. The van der Waals surface area contributed by atoms with Crippen molar-refractivity contribution >= 4 is 15.8 Å². The summed E-state index contributed by atoms with van der Waals surface area (Å²) in [7, 11) is -1.57. The van der Waals surface area contributed by atoms with Crippen LogP contribution in [0, 0.1) is 12.7 Å². The number of aliphatic imine (C=N–C) groups is 1. The summed E-state index contributed by atoms with van der Waals surface area (Å²) in [6.07, 6.45) is 1.20. The predicted molar refractivity (Wildman–Crippen MR) is 104 cm³/mol. The highest BCUT2D eigenvalue weighted by molar-refractivity contribution is 7.90. The molecule has 2 aromatic rings. The van der Waals surface area contributed by atoms with Crippen LogP contribution in [-0.2, 0) is 16.4 Å². The molecule has 0 aliphatic carbocycles.